The SMILES string of the molecule is COc1cc(C)c(Br)cc1C(C)(C)CCNC(C)C. The Labute approximate surface area is 126 Å². The first kappa shape index (κ1) is 16.5. The van der Waals surface area contributed by atoms with E-state index in [0.29, 0.717) is 6.04 Å². The zero-order chi connectivity index (χ0) is 14.6. The molecular formula is C16H26BrNO. The molecule has 0 atom stereocenters. The van der Waals surface area contributed by atoms with Gasteiger partial charge in [0, 0.05) is 16.1 Å². The number of ether oxygens (including phenoxy) is 1. The number of halogens is 1. The Kier molecular flexibility index (Phi) is 5.87. The Morgan fingerprint density at radius 3 is 2.47 bits per heavy atom. The summed E-state index contributed by atoms with van der Waals surface area (Å²) in [6.45, 7) is 12.0. The van der Waals surface area contributed by atoms with Crippen LogP contribution in [0.5, 0.6) is 5.75 Å². The minimum atomic E-state index is 0.0868. The molecule has 2 nitrogen and oxygen atoms in total. The number of hydrogen-bond donors (Lipinski definition) is 1. The molecule has 0 saturated heterocycles. The summed E-state index contributed by atoms with van der Waals surface area (Å²) >= 11 is 3.62. The molecule has 19 heavy (non-hydrogen) atoms. The average Bonchev–Trinajstić information content (AvgIpc) is 2.31. The summed E-state index contributed by atoms with van der Waals surface area (Å²) < 4.78 is 6.70. The maximum absolute atomic E-state index is 5.55. The van der Waals surface area contributed by atoms with Crippen molar-refractivity contribution in [3.8, 4) is 5.75 Å². The molecule has 1 aromatic rings. The number of hydrogen-bond acceptors (Lipinski definition) is 2. The van der Waals surface area contributed by atoms with Gasteiger partial charge in [0.1, 0.15) is 5.75 Å². The van der Waals surface area contributed by atoms with Gasteiger partial charge < -0.3 is 10.1 Å². The highest BCUT2D eigenvalue weighted by molar-refractivity contribution is 9.10. The minimum Gasteiger partial charge on any atom is -0.496 e. The first-order valence-corrected chi connectivity index (χ1v) is 7.65. The molecule has 0 aliphatic rings. The highest BCUT2D eigenvalue weighted by Gasteiger charge is 2.25. The van der Waals surface area contributed by atoms with Gasteiger partial charge in [-0.15, -0.1) is 0 Å². The summed E-state index contributed by atoms with van der Waals surface area (Å²) in [5.41, 5.74) is 2.55. The molecule has 0 amide bonds. The van der Waals surface area contributed by atoms with E-state index in [-0.39, 0.29) is 5.41 Å². The van der Waals surface area contributed by atoms with E-state index >= 15 is 0 Å². The number of methoxy groups -OCH3 is 1. The van der Waals surface area contributed by atoms with Crippen molar-refractivity contribution < 1.29 is 4.74 Å². The van der Waals surface area contributed by atoms with Gasteiger partial charge in [-0.3, -0.25) is 0 Å². The smallest absolute Gasteiger partial charge is 0.122 e. The number of nitrogens with one attached hydrogen (secondary N) is 1. The molecule has 3 heteroatoms. The van der Waals surface area contributed by atoms with Gasteiger partial charge in [0.2, 0.25) is 0 Å². The predicted molar refractivity (Wildman–Crippen MR) is 86.2 cm³/mol. The normalized spacial score (nSPS) is 12.0. The molecule has 0 spiro atoms. The lowest BCUT2D eigenvalue weighted by Gasteiger charge is -2.28. The van der Waals surface area contributed by atoms with Crippen LogP contribution in [0, 0.1) is 6.92 Å². The molecule has 0 unspecified atom stereocenters. The molecule has 108 valence electrons. The van der Waals surface area contributed by atoms with Gasteiger partial charge >= 0.3 is 0 Å². The van der Waals surface area contributed by atoms with Gasteiger partial charge in [-0.1, -0.05) is 43.6 Å². The molecule has 0 fully saturated rings. The van der Waals surface area contributed by atoms with E-state index in [2.05, 4.69) is 68.0 Å². The van der Waals surface area contributed by atoms with Crippen molar-refractivity contribution in [1.29, 1.82) is 0 Å². The maximum Gasteiger partial charge on any atom is 0.122 e. The third kappa shape index (κ3) is 4.50. The Morgan fingerprint density at radius 2 is 1.95 bits per heavy atom. The Balaban J connectivity index is 2.96. The maximum atomic E-state index is 5.55. The van der Waals surface area contributed by atoms with E-state index in [0.717, 1.165) is 23.2 Å². The third-order valence-corrected chi connectivity index (χ3v) is 4.37. The van der Waals surface area contributed by atoms with Crippen molar-refractivity contribution in [2.75, 3.05) is 13.7 Å². The fourth-order valence-electron chi connectivity index (χ4n) is 2.16. The number of rotatable bonds is 6. The third-order valence-electron chi connectivity index (χ3n) is 3.51. The zero-order valence-electron chi connectivity index (χ0n) is 12.9. The lowest BCUT2D eigenvalue weighted by Crippen LogP contribution is -2.29. The Hall–Kier alpha value is -0.540. The fraction of sp³-hybridized carbons (Fsp3) is 0.625. The summed E-state index contributed by atoms with van der Waals surface area (Å²) in [7, 11) is 1.74. The van der Waals surface area contributed by atoms with Gasteiger partial charge in [0.15, 0.2) is 0 Å². The molecule has 0 radical (unpaired) electrons. The largest absolute Gasteiger partial charge is 0.496 e. The first-order valence-electron chi connectivity index (χ1n) is 6.86. The van der Waals surface area contributed by atoms with E-state index in [1.807, 2.05) is 0 Å². The lowest BCUT2D eigenvalue weighted by atomic mass is 9.80. The summed E-state index contributed by atoms with van der Waals surface area (Å²) in [5, 5.41) is 3.48. The van der Waals surface area contributed by atoms with Crippen LogP contribution in [-0.4, -0.2) is 19.7 Å². The standard InChI is InChI=1S/C16H26BrNO/c1-11(2)18-8-7-16(4,5)13-10-14(17)12(3)9-15(13)19-6/h9-11,18H,7-8H2,1-6H3. The summed E-state index contributed by atoms with van der Waals surface area (Å²) in [6.07, 6.45) is 1.08. The molecule has 0 aliphatic heterocycles. The highest BCUT2D eigenvalue weighted by Crippen LogP contribution is 2.37. The molecule has 1 aromatic carbocycles. The van der Waals surface area contributed by atoms with Gasteiger partial charge in [0.25, 0.3) is 0 Å². The molecular weight excluding hydrogens is 302 g/mol. The van der Waals surface area contributed by atoms with Crippen LogP contribution >= 0.6 is 15.9 Å². The molecule has 0 bridgehead atoms. The van der Waals surface area contributed by atoms with E-state index < -0.39 is 0 Å². The summed E-state index contributed by atoms with van der Waals surface area (Å²) in [4.78, 5) is 0. The average molecular weight is 328 g/mol. The first-order chi connectivity index (χ1) is 8.77. The molecule has 0 saturated carbocycles. The van der Waals surface area contributed by atoms with Crippen LogP contribution in [0.25, 0.3) is 0 Å². The number of benzene rings is 1. The molecule has 0 aromatic heterocycles. The van der Waals surface area contributed by atoms with Crippen LogP contribution in [-0.2, 0) is 5.41 Å². The van der Waals surface area contributed by atoms with Crippen LogP contribution in [0.4, 0.5) is 0 Å². The van der Waals surface area contributed by atoms with E-state index in [4.69, 9.17) is 4.74 Å². The van der Waals surface area contributed by atoms with Crippen molar-refractivity contribution in [3.05, 3.63) is 27.7 Å². The topological polar surface area (TPSA) is 21.3 Å². The van der Waals surface area contributed by atoms with Crippen molar-refractivity contribution in [2.45, 2.75) is 52.5 Å². The Morgan fingerprint density at radius 1 is 1.32 bits per heavy atom. The van der Waals surface area contributed by atoms with Crippen molar-refractivity contribution in [2.24, 2.45) is 0 Å². The second kappa shape index (κ2) is 6.76. The van der Waals surface area contributed by atoms with Gasteiger partial charge in [0.05, 0.1) is 7.11 Å². The minimum absolute atomic E-state index is 0.0868. The van der Waals surface area contributed by atoms with E-state index in [1.165, 1.54) is 11.1 Å². The molecule has 1 N–H and O–H groups in total. The second-order valence-corrected chi connectivity index (χ2v) is 6.90. The summed E-state index contributed by atoms with van der Waals surface area (Å²) in [6, 6.07) is 4.84. The van der Waals surface area contributed by atoms with Gasteiger partial charge in [-0.2, -0.15) is 0 Å². The van der Waals surface area contributed by atoms with Crippen molar-refractivity contribution in [1.82, 2.24) is 5.32 Å². The highest BCUT2D eigenvalue weighted by atomic mass is 79.9. The zero-order valence-corrected chi connectivity index (χ0v) is 14.5. The Bertz CT molecular complexity index is 427. The van der Waals surface area contributed by atoms with Crippen LogP contribution in [0.2, 0.25) is 0 Å². The lowest BCUT2D eigenvalue weighted by molar-refractivity contribution is 0.379. The van der Waals surface area contributed by atoms with Crippen LogP contribution in [0.15, 0.2) is 16.6 Å². The summed E-state index contributed by atoms with van der Waals surface area (Å²) in [5.74, 6) is 0.982. The van der Waals surface area contributed by atoms with Crippen molar-refractivity contribution in [3.63, 3.8) is 0 Å². The van der Waals surface area contributed by atoms with Gasteiger partial charge in [-0.05, 0) is 43.0 Å². The van der Waals surface area contributed by atoms with Crippen LogP contribution in [0.1, 0.15) is 45.2 Å². The number of aryl methyl sites for hydroxylation is 1. The monoisotopic (exact) mass is 327 g/mol. The van der Waals surface area contributed by atoms with Gasteiger partial charge in [-0.25, -0.2) is 0 Å². The fourth-order valence-corrected chi connectivity index (χ4v) is 2.50. The van der Waals surface area contributed by atoms with Crippen LogP contribution in [0.3, 0.4) is 0 Å². The molecule has 0 heterocycles. The quantitative estimate of drug-likeness (QED) is 0.834. The van der Waals surface area contributed by atoms with Crippen LogP contribution < -0.4 is 10.1 Å². The second-order valence-electron chi connectivity index (χ2n) is 6.04. The van der Waals surface area contributed by atoms with E-state index in [1.54, 1.807) is 7.11 Å². The molecule has 0 aliphatic carbocycles. The predicted octanol–water partition coefficient (Wildman–Crippen LogP) is 4.43. The van der Waals surface area contributed by atoms with Crippen molar-refractivity contribution >= 4 is 15.9 Å². The van der Waals surface area contributed by atoms with E-state index in [9.17, 15) is 0 Å². The molecule has 1 rings (SSSR count).